The van der Waals surface area contributed by atoms with Gasteiger partial charge in [0.05, 0.1) is 0 Å². The van der Waals surface area contributed by atoms with Crippen LogP contribution in [-0.2, 0) is 0 Å². The predicted molar refractivity (Wildman–Crippen MR) is 66.6 cm³/mol. The van der Waals surface area contributed by atoms with E-state index in [2.05, 4.69) is 44.0 Å². The number of rotatable bonds is 3. The maximum absolute atomic E-state index is 5.82. The van der Waals surface area contributed by atoms with Crippen LogP contribution >= 0.6 is 43.5 Å². The number of halogens is 3. The molecule has 0 amide bonds. The highest BCUT2D eigenvalue weighted by Crippen LogP contribution is 2.22. The van der Waals surface area contributed by atoms with Crippen molar-refractivity contribution in [1.82, 2.24) is 0 Å². The molecule has 0 saturated carbocycles. The lowest BCUT2D eigenvalue weighted by Gasteiger charge is -1.98. The minimum atomic E-state index is 0.754. The zero-order valence-corrected chi connectivity index (χ0v) is 10.9. The number of benzene rings is 1. The molecule has 0 aliphatic heterocycles. The first kappa shape index (κ1) is 11.3. The van der Waals surface area contributed by atoms with Crippen LogP contribution in [0.5, 0.6) is 0 Å². The van der Waals surface area contributed by atoms with Gasteiger partial charge in [-0.25, -0.2) is 0 Å². The van der Waals surface area contributed by atoms with Crippen molar-refractivity contribution in [1.29, 1.82) is 0 Å². The summed E-state index contributed by atoms with van der Waals surface area (Å²) in [6.45, 7) is 0. The molecule has 0 aliphatic carbocycles. The second-order valence-electron chi connectivity index (χ2n) is 2.55. The normalized spacial score (nSPS) is 11.0. The Labute approximate surface area is 100 Å². The molecule has 0 saturated heterocycles. The second-order valence-corrected chi connectivity index (χ2v) is 4.63. The SMILES string of the molecule is Clc1ccc(C=CCCBr)c(Br)c1. The van der Waals surface area contributed by atoms with Crippen LogP contribution in [0, 0.1) is 0 Å². The van der Waals surface area contributed by atoms with Crippen molar-refractivity contribution in [3.63, 3.8) is 0 Å². The summed E-state index contributed by atoms with van der Waals surface area (Å²) in [7, 11) is 0. The van der Waals surface area contributed by atoms with Crippen LogP contribution in [0.2, 0.25) is 5.02 Å². The van der Waals surface area contributed by atoms with Gasteiger partial charge in [-0.1, -0.05) is 61.7 Å². The highest BCUT2D eigenvalue weighted by molar-refractivity contribution is 9.10. The Bertz CT molecular complexity index is 308. The number of hydrogen-bond donors (Lipinski definition) is 0. The largest absolute Gasteiger partial charge is 0.0925 e. The minimum Gasteiger partial charge on any atom is -0.0925 e. The summed E-state index contributed by atoms with van der Waals surface area (Å²) in [5.74, 6) is 0. The highest BCUT2D eigenvalue weighted by atomic mass is 79.9. The smallest absolute Gasteiger partial charge is 0.0417 e. The summed E-state index contributed by atoms with van der Waals surface area (Å²) in [6, 6.07) is 5.78. The van der Waals surface area contributed by atoms with Gasteiger partial charge in [-0.2, -0.15) is 0 Å². The number of hydrogen-bond acceptors (Lipinski definition) is 0. The van der Waals surface area contributed by atoms with Crippen LogP contribution in [0.25, 0.3) is 6.08 Å². The van der Waals surface area contributed by atoms with Gasteiger partial charge in [0.25, 0.3) is 0 Å². The van der Waals surface area contributed by atoms with E-state index in [0.717, 1.165) is 26.8 Å². The molecule has 0 nitrogen and oxygen atoms in total. The molecule has 0 aliphatic rings. The van der Waals surface area contributed by atoms with Crippen LogP contribution < -0.4 is 0 Å². The summed E-state index contributed by atoms with van der Waals surface area (Å²) in [5.41, 5.74) is 1.16. The molecule has 0 unspecified atom stereocenters. The van der Waals surface area contributed by atoms with Gasteiger partial charge in [-0.05, 0) is 24.1 Å². The van der Waals surface area contributed by atoms with Gasteiger partial charge in [0.1, 0.15) is 0 Å². The summed E-state index contributed by atoms with van der Waals surface area (Å²) in [5, 5.41) is 1.75. The van der Waals surface area contributed by atoms with Gasteiger partial charge in [0.2, 0.25) is 0 Å². The fourth-order valence-electron chi connectivity index (χ4n) is 0.910. The molecule has 0 fully saturated rings. The summed E-state index contributed by atoms with van der Waals surface area (Å²) in [4.78, 5) is 0. The molecule has 0 heterocycles. The third-order valence-corrected chi connectivity index (χ3v) is 2.92. The zero-order chi connectivity index (χ0) is 9.68. The van der Waals surface area contributed by atoms with Crippen molar-refractivity contribution in [2.24, 2.45) is 0 Å². The van der Waals surface area contributed by atoms with E-state index in [1.165, 1.54) is 0 Å². The molecule has 0 aromatic heterocycles. The van der Waals surface area contributed by atoms with E-state index in [0.29, 0.717) is 0 Å². The molecule has 1 rings (SSSR count). The average Bonchev–Trinajstić information content (AvgIpc) is 2.09. The van der Waals surface area contributed by atoms with Gasteiger partial charge in [0.15, 0.2) is 0 Å². The molecule has 0 atom stereocenters. The summed E-state index contributed by atoms with van der Waals surface area (Å²) in [6.07, 6.45) is 5.25. The van der Waals surface area contributed by atoms with Crippen LogP contribution in [0.3, 0.4) is 0 Å². The lowest BCUT2D eigenvalue weighted by Crippen LogP contribution is -1.75. The maximum Gasteiger partial charge on any atom is 0.0417 e. The molecular weight excluding hydrogens is 315 g/mol. The molecular formula is C10H9Br2Cl. The second kappa shape index (κ2) is 5.84. The van der Waals surface area contributed by atoms with E-state index in [4.69, 9.17) is 11.6 Å². The quantitative estimate of drug-likeness (QED) is 0.694. The molecule has 1 aromatic rings. The lowest BCUT2D eigenvalue weighted by atomic mass is 10.2. The fraction of sp³-hybridized carbons (Fsp3) is 0.200. The predicted octanol–water partition coefficient (Wildman–Crippen LogP) is 4.90. The highest BCUT2D eigenvalue weighted by Gasteiger charge is 1.95. The molecule has 0 radical (unpaired) electrons. The van der Waals surface area contributed by atoms with Crippen LogP contribution in [0.15, 0.2) is 28.7 Å². The van der Waals surface area contributed by atoms with E-state index < -0.39 is 0 Å². The first-order valence-corrected chi connectivity index (χ1v) is 6.21. The van der Waals surface area contributed by atoms with Gasteiger partial charge in [0, 0.05) is 14.8 Å². The van der Waals surface area contributed by atoms with Crippen molar-refractivity contribution in [3.8, 4) is 0 Å². The van der Waals surface area contributed by atoms with Gasteiger partial charge in [-0.3, -0.25) is 0 Å². The van der Waals surface area contributed by atoms with Gasteiger partial charge < -0.3 is 0 Å². The summed E-state index contributed by atoms with van der Waals surface area (Å²) < 4.78 is 1.03. The average molecular weight is 324 g/mol. The first-order chi connectivity index (χ1) is 6.24. The molecule has 1 aromatic carbocycles. The van der Waals surface area contributed by atoms with Gasteiger partial charge in [-0.15, -0.1) is 0 Å². The standard InChI is InChI=1S/C10H9Br2Cl/c11-6-2-1-3-8-4-5-9(13)7-10(8)12/h1,3-5,7H,2,6H2. The Balaban J connectivity index is 2.77. The monoisotopic (exact) mass is 322 g/mol. The van der Waals surface area contributed by atoms with E-state index in [9.17, 15) is 0 Å². The third kappa shape index (κ3) is 3.84. The lowest BCUT2D eigenvalue weighted by molar-refractivity contribution is 1.27. The van der Waals surface area contributed by atoms with Crippen LogP contribution in [-0.4, -0.2) is 5.33 Å². The Hall–Kier alpha value is 0.210. The Morgan fingerprint density at radius 1 is 1.38 bits per heavy atom. The van der Waals surface area contributed by atoms with Crippen LogP contribution in [0.1, 0.15) is 12.0 Å². The maximum atomic E-state index is 5.82. The first-order valence-electron chi connectivity index (χ1n) is 3.91. The van der Waals surface area contributed by atoms with Crippen molar-refractivity contribution < 1.29 is 0 Å². The molecule has 13 heavy (non-hydrogen) atoms. The van der Waals surface area contributed by atoms with E-state index in [-0.39, 0.29) is 0 Å². The molecule has 0 N–H and O–H groups in total. The molecule has 0 bridgehead atoms. The summed E-state index contributed by atoms with van der Waals surface area (Å²) >= 11 is 12.6. The Morgan fingerprint density at radius 3 is 2.77 bits per heavy atom. The topological polar surface area (TPSA) is 0 Å². The van der Waals surface area contributed by atoms with Crippen molar-refractivity contribution in [3.05, 3.63) is 39.3 Å². The Morgan fingerprint density at radius 2 is 2.15 bits per heavy atom. The number of allylic oxidation sites excluding steroid dienone is 1. The number of alkyl halides is 1. The molecule has 0 spiro atoms. The molecule has 3 heteroatoms. The van der Waals surface area contributed by atoms with E-state index in [1.54, 1.807) is 0 Å². The zero-order valence-electron chi connectivity index (χ0n) is 6.93. The van der Waals surface area contributed by atoms with Crippen molar-refractivity contribution in [2.75, 3.05) is 5.33 Å². The van der Waals surface area contributed by atoms with E-state index >= 15 is 0 Å². The van der Waals surface area contributed by atoms with Gasteiger partial charge >= 0.3 is 0 Å². The Kier molecular flexibility index (Phi) is 5.07. The van der Waals surface area contributed by atoms with E-state index in [1.807, 2.05) is 18.2 Å². The minimum absolute atomic E-state index is 0.754. The van der Waals surface area contributed by atoms with Crippen molar-refractivity contribution >= 4 is 49.5 Å². The molecule has 70 valence electrons. The van der Waals surface area contributed by atoms with Crippen LogP contribution in [0.4, 0.5) is 0 Å². The fourth-order valence-corrected chi connectivity index (χ4v) is 1.99. The third-order valence-electron chi connectivity index (χ3n) is 1.54. The van der Waals surface area contributed by atoms with Crippen molar-refractivity contribution in [2.45, 2.75) is 6.42 Å².